The van der Waals surface area contributed by atoms with Crippen LogP contribution in [0.15, 0.2) is 48.5 Å². The summed E-state index contributed by atoms with van der Waals surface area (Å²) in [5, 5.41) is 5.82. The van der Waals surface area contributed by atoms with Crippen molar-refractivity contribution in [1.82, 2.24) is 20.4 Å². The lowest BCUT2D eigenvalue weighted by molar-refractivity contribution is -0.145. The number of ether oxygens (including phenoxy) is 2. The summed E-state index contributed by atoms with van der Waals surface area (Å²) >= 11 is 0. The molecule has 0 saturated carbocycles. The maximum Gasteiger partial charge on any atom is 0.257 e. The van der Waals surface area contributed by atoms with Gasteiger partial charge in [0.1, 0.15) is 25.3 Å². The standard InChI is InChI=1S/C33H40N4O6/c1-21-32(40)37-19-23-17-24(20-36(18-23)33(41)25-9-5-11-28-30(25)43-16-15-42-28)27(37)10-6-12-29(38)35-26(31(39)34-21)14-13-22-7-3-2-4-8-22/h2-5,7-9,11,21,23-24,26-27H,6,10,12-20H2,1H3,(H,34,39)(H,35,38)/t21-,23+,24-,26+,27+/m1/s1. The van der Waals surface area contributed by atoms with Crippen LogP contribution in [-0.2, 0) is 20.8 Å². The van der Waals surface area contributed by atoms with Crippen LogP contribution in [0.3, 0.4) is 0 Å². The summed E-state index contributed by atoms with van der Waals surface area (Å²) in [4.78, 5) is 57.7. The van der Waals surface area contributed by atoms with E-state index in [0.717, 1.165) is 12.0 Å². The van der Waals surface area contributed by atoms with Gasteiger partial charge in [0.2, 0.25) is 17.7 Å². The summed E-state index contributed by atoms with van der Waals surface area (Å²) < 4.78 is 11.5. The fourth-order valence-electron chi connectivity index (χ4n) is 7.14. The van der Waals surface area contributed by atoms with Crippen LogP contribution in [0.2, 0.25) is 0 Å². The summed E-state index contributed by atoms with van der Waals surface area (Å²) in [6, 6.07) is 13.7. The summed E-state index contributed by atoms with van der Waals surface area (Å²) in [6.45, 7) is 4.15. The van der Waals surface area contributed by atoms with Gasteiger partial charge < -0.3 is 29.9 Å². The molecule has 4 aliphatic heterocycles. The number of aryl methyl sites for hydroxylation is 1. The number of para-hydroxylation sites is 1. The molecule has 5 atom stereocenters. The molecule has 4 heterocycles. The summed E-state index contributed by atoms with van der Waals surface area (Å²) in [6.07, 6.45) is 3.53. The predicted octanol–water partition coefficient (Wildman–Crippen LogP) is 2.55. The van der Waals surface area contributed by atoms with E-state index >= 15 is 0 Å². The van der Waals surface area contributed by atoms with E-state index in [2.05, 4.69) is 10.6 Å². The van der Waals surface area contributed by atoms with Crippen molar-refractivity contribution < 1.29 is 28.7 Å². The second-order valence-electron chi connectivity index (χ2n) is 12.2. The Labute approximate surface area is 252 Å². The normalized spacial score (nSPS) is 27.7. The molecule has 10 heteroatoms. The number of hydrogen-bond donors (Lipinski definition) is 2. The van der Waals surface area contributed by atoms with Gasteiger partial charge in [0, 0.05) is 32.1 Å². The van der Waals surface area contributed by atoms with Gasteiger partial charge in [0.25, 0.3) is 5.91 Å². The maximum atomic E-state index is 13.8. The van der Waals surface area contributed by atoms with Crippen molar-refractivity contribution in [3.05, 3.63) is 59.7 Å². The zero-order chi connectivity index (χ0) is 29.9. The van der Waals surface area contributed by atoms with E-state index in [9.17, 15) is 19.2 Å². The fourth-order valence-corrected chi connectivity index (χ4v) is 7.14. The molecule has 0 unspecified atom stereocenters. The average Bonchev–Trinajstić information content (AvgIpc) is 3.02. The number of piperidine rings is 2. The molecular formula is C33H40N4O6. The van der Waals surface area contributed by atoms with E-state index in [4.69, 9.17) is 9.47 Å². The van der Waals surface area contributed by atoms with Gasteiger partial charge in [-0.05, 0) is 68.6 Å². The van der Waals surface area contributed by atoms with E-state index in [1.165, 1.54) is 0 Å². The molecule has 2 N–H and O–H groups in total. The lowest BCUT2D eigenvalue weighted by Crippen LogP contribution is -2.63. The highest BCUT2D eigenvalue weighted by atomic mass is 16.6. The Balaban J connectivity index is 1.16. The van der Waals surface area contributed by atoms with Crippen LogP contribution in [0.4, 0.5) is 0 Å². The number of hydrogen-bond acceptors (Lipinski definition) is 6. The number of amides is 4. The molecule has 3 fully saturated rings. The Hall–Kier alpha value is -4.08. The molecule has 228 valence electrons. The van der Waals surface area contributed by atoms with Crippen LogP contribution in [0.5, 0.6) is 11.5 Å². The van der Waals surface area contributed by atoms with Gasteiger partial charge in [-0.3, -0.25) is 19.2 Å². The van der Waals surface area contributed by atoms with Crippen LogP contribution in [0.25, 0.3) is 0 Å². The first kappa shape index (κ1) is 29.0. The van der Waals surface area contributed by atoms with E-state index < -0.39 is 12.1 Å². The third kappa shape index (κ3) is 6.33. The lowest BCUT2D eigenvalue weighted by Gasteiger charge is -2.51. The molecule has 2 bridgehead atoms. The third-order valence-corrected chi connectivity index (χ3v) is 9.18. The molecule has 2 aromatic carbocycles. The largest absolute Gasteiger partial charge is 0.486 e. The highest BCUT2D eigenvalue weighted by Gasteiger charge is 2.45. The second-order valence-corrected chi connectivity index (χ2v) is 12.2. The van der Waals surface area contributed by atoms with Crippen LogP contribution in [-0.4, -0.2) is 84.4 Å². The molecule has 4 aliphatic rings. The molecule has 0 spiro atoms. The minimum atomic E-state index is -0.727. The number of fused-ring (bicyclic) bond motifs is 5. The fraction of sp³-hybridized carbons (Fsp3) is 0.515. The van der Waals surface area contributed by atoms with Crippen LogP contribution in [0.1, 0.15) is 54.9 Å². The second kappa shape index (κ2) is 12.7. The molecule has 2 aromatic rings. The molecule has 10 nitrogen and oxygen atoms in total. The topological polar surface area (TPSA) is 117 Å². The average molecular weight is 589 g/mol. The number of carbonyl (C=O) groups excluding carboxylic acids is 4. The number of benzene rings is 2. The quantitative estimate of drug-likeness (QED) is 0.567. The molecule has 0 radical (unpaired) electrons. The molecule has 4 amide bonds. The first-order chi connectivity index (χ1) is 20.9. The number of likely N-dealkylation sites (tertiary alicyclic amines) is 1. The monoisotopic (exact) mass is 588 g/mol. The van der Waals surface area contributed by atoms with E-state index in [-0.39, 0.29) is 47.9 Å². The van der Waals surface area contributed by atoms with Gasteiger partial charge in [-0.1, -0.05) is 36.4 Å². The number of carbonyl (C=O) groups is 4. The minimum absolute atomic E-state index is 0.0737. The van der Waals surface area contributed by atoms with E-state index in [1.807, 2.05) is 52.3 Å². The van der Waals surface area contributed by atoms with E-state index in [1.54, 1.807) is 13.0 Å². The smallest absolute Gasteiger partial charge is 0.257 e. The molecule has 3 saturated heterocycles. The van der Waals surface area contributed by atoms with Crippen molar-refractivity contribution >= 4 is 23.6 Å². The number of nitrogens with zero attached hydrogens (tertiary/aromatic N) is 2. The molecular weight excluding hydrogens is 548 g/mol. The van der Waals surface area contributed by atoms with Gasteiger partial charge in [0.15, 0.2) is 11.5 Å². The highest BCUT2D eigenvalue weighted by Crippen LogP contribution is 2.39. The van der Waals surface area contributed by atoms with Gasteiger partial charge in [-0.15, -0.1) is 0 Å². The van der Waals surface area contributed by atoms with Crippen molar-refractivity contribution in [2.24, 2.45) is 11.8 Å². The van der Waals surface area contributed by atoms with Gasteiger partial charge in [0.05, 0.1) is 5.56 Å². The number of nitrogens with one attached hydrogen (secondary N) is 2. The molecule has 43 heavy (non-hydrogen) atoms. The van der Waals surface area contributed by atoms with Crippen LogP contribution < -0.4 is 20.1 Å². The Kier molecular flexibility index (Phi) is 8.54. The lowest BCUT2D eigenvalue weighted by atomic mass is 9.77. The van der Waals surface area contributed by atoms with Crippen molar-refractivity contribution in [3.8, 4) is 11.5 Å². The van der Waals surface area contributed by atoms with Gasteiger partial charge in [-0.2, -0.15) is 0 Å². The van der Waals surface area contributed by atoms with Crippen LogP contribution in [0, 0.1) is 11.8 Å². The SMILES string of the molecule is C[C@H]1NC(=O)[C@H](CCc2ccccc2)NC(=O)CCC[C@H]2[C@@H]3C[C@@H](CN(C(=O)c4cccc5c4OCCO5)C3)CN2C1=O. The van der Waals surface area contributed by atoms with Crippen molar-refractivity contribution in [2.75, 3.05) is 32.8 Å². The zero-order valence-corrected chi connectivity index (χ0v) is 24.6. The van der Waals surface area contributed by atoms with Crippen molar-refractivity contribution in [2.45, 2.75) is 63.6 Å². The van der Waals surface area contributed by atoms with Gasteiger partial charge in [-0.25, -0.2) is 0 Å². The Morgan fingerprint density at radius 1 is 0.953 bits per heavy atom. The Morgan fingerprint density at radius 2 is 1.77 bits per heavy atom. The van der Waals surface area contributed by atoms with Crippen LogP contribution >= 0.6 is 0 Å². The summed E-state index contributed by atoms with van der Waals surface area (Å²) in [7, 11) is 0. The van der Waals surface area contributed by atoms with Crippen molar-refractivity contribution in [3.63, 3.8) is 0 Å². The Bertz CT molecular complexity index is 1370. The van der Waals surface area contributed by atoms with E-state index in [0.29, 0.717) is 75.6 Å². The first-order valence-electron chi connectivity index (χ1n) is 15.5. The summed E-state index contributed by atoms with van der Waals surface area (Å²) in [5.74, 6) is 0.577. The minimum Gasteiger partial charge on any atom is -0.486 e. The maximum absolute atomic E-state index is 13.8. The molecule has 0 aliphatic carbocycles. The zero-order valence-electron chi connectivity index (χ0n) is 24.6. The Morgan fingerprint density at radius 3 is 2.60 bits per heavy atom. The summed E-state index contributed by atoms with van der Waals surface area (Å²) in [5.41, 5.74) is 1.58. The molecule has 0 aromatic heterocycles. The third-order valence-electron chi connectivity index (χ3n) is 9.18. The molecule has 6 rings (SSSR count). The number of rotatable bonds is 4. The predicted molar refractivity (Wildman–Crippen MR) is 159 cm³/mol. The highest BCUT2D eigenvalue weighted by molar-refractivity contribution is 5.98. The first-order valence-corrected chi connectivity index (χ1v) is 15.5. The van der Waals surface area contributed by atoms with Crippen molar-refractivity contribution in [1.29, 1.82) is 0 Å². The van der Waals surface area contributed by atoms with Gasteiger partial charge >= 0.3 is 0 Å².